The maximum Gasteiger partial charge on any atom is 0.251 e. The first kappa shape index (κ1) is 14.3. The fraction of sp³-hybridized carbons (Fsp3) is 0.231. The molecule has 0 aliphatic rings. The zero-order chi connectivity index (χ0) is 13.5. The Morgan fingerprint density at radius 3 is 2.33 bits per heavy atom. The van der Waals surface area contributed by atoms with E-state index in [1.54, 1.807) is 24.3 Å². The van der Waals surface area contributed by atoms with Crippen LogP contribution >= 0.6 is 11.6 Å². The van der Waals surface area contributed by atoms with Crippen LogP contribution in [0.4, 0.5) is 0 Å². The van der Waals surface area contributed by atoms with Crippen molar-refractivity contribution in [2.45, 2.75) is 13.5 Å². The van der Waals surface area contributed by atoms with E-state index < -0.39 is 0 Å². The highest BCUT2D eigenvalue weighted by Gasteiger charge is 2.04. The lowest BCUT2D eigenvalue weighted by atomic mass is 10.1. The summed E-state index contributed by atoms with van der Waals surface area (Å²) in [6.07, 6.45) is 0. The van der Waals surface area contributed by atoms with E-state index in [9.17, 15) is 9.59 Å². The first-order valence-electron chi connectivity index (χ1n) is 5.44. The second kappa shape index (κ2) is 6.81. The van der Waals surface area contributed by atoms with Crippen molar-refractivity contribution in [3.63, 3.8) is 0 Å². The van der Waals surface area contributed by atoms with Crippen LogP contribution in [0.25, 0.3) is 0 Å². The van der Waals surface area contributed by atoms with Crippen LogP contribution in [0, 0.1) is 0 Å². The van der Waals surface area contributed by atoms with E-state index in [1.165, 1.54) is 6.92 Å². The number of amides is 2. The maximum atomic E-state index is 11.6. The van der Waals surface area contributed by atoms with Crippen LogP contribution in [-0.2, 0) is 11.3 Å². The van der Waals surface area contributed by atoms with Gasteiger partial charge in [-0.3, -0.25) is 9.59 Å². The van der Waals surface area contributed by atoms with Gasteiger partial charge in [-0.2, -0.15) is 0 Å². The molecule has 0 saturated heterocycles. The smallest absolute Gasteiger partial charge is 0.251 e. The van der Waals surface area contributed by atoms with Crippen molar-refractivity contribution in [2.24, 2.45) is 0 Å². The highest BCUT2D eigenvalue weighted by molar-refractivity contribution is 6.29. The Labute approximate surface area is 111 Å². The molecule has 0 radical (unpaired) electrons. The molecule has 96 valence electrons. The van der Waals surface area contributed by atoms with Gasteiger partial charge in [0.1, 0.15) is 0 Å². The zero-order valence-electron chi connectivity index (χ0n) is 10.1. The number of rotatable bonds is 5. The van der Waals surface area contributed by atoms with E-state index in [0.29, 0.717) is 17.1 Å². The van der Waals surface area contributed by atoms with Crippen molar-refractivity contribution in [3.8, 4) is 0 Å². The van der Waals surface area contributed by atoms with Crippen LogP contribution in [0.15, 0.2) is 35.9 Å². The highest BCUT2D eigenvalue weighted by atomic mass is 35.5. The summed E-state index contributed by atoms with van der Waals surface area (Å²) >= 11 is 5.56. The number of nitrogens with one attached hydrogen (secondary N) is 2. The molecule has 0 bridgehead atoms. The van der Waals surface area contributed by atoms with Crippen molar-refractivity contribution < 1.29 is 9.59 Å². The van der Waals surface area contributed by atoms with E-state index in [4.69, 9.17) is 11.6 Å². The summed E-state index contributed by atoms with van der Waals surface area (Å²) < 4.78 is 0. The molecule has 4 nitrogen and oxygen atoms in total. The molecule has 18 heavy (non-hydrogen) atoms. The monoisotopic (exact) mass is 266 g/mol. The average Bonchev–Trinajstić information content (AvgIpc) is 2.34. The summed E-state index contributed by atoms with van der Waals surface area (Å²) in [5, 5.41) is 5.69. The van der Waals surface area contributed by atoms with Gasteiger partial charge in [-0.05, 0) is 17.7 Å². The molecule has 2 N–H and O–H groups in total. The Morgan fingerprint density at radius 2 is 1.83 bits per heavy atom. The Morgan fingerprint density at radius 1 is 1.22 bits per heavy atom. The van der Waals surface area contributed by atoms with Gasteiger partial charge in [0.2, 0.25) is 5.91 Å². The van der Waals surface area contributed by atoms with Gasteiger partial charge in [-0.25, -0.2) is 0 Å². The highest BCUT2D eigenvalue weighted by Crippen LogP contribution is 2.05. The third-order valence-corrected chi connectivity index (χ3v) is 2.33. The van der Waals surface area contributed by atoms with Gasteiger partial charge in [0, 0.05) is 24.1 Å². The van der Waals surface area contributed by atoms with Crippen LogP contribution < -0.4 is 10.6 Å². The van der Waals surface area contributed by atoms with E-state index in [-0.39, 0.29) is 18.4 Å². The average molecular weight is 267 g/mol. The number of hydrogen-bond donors (Lipinski definition) is 2. The van der Waals surface area contributed by atoms with Crippen LogP contribution in [0.3, 0.4) is 0 Å². The SMILES string of the molecule is C=C(Cl)CNC(=O)c1ccc(CNC(C)=O)cc1. The van der Waals surface area contributed by atoms with Crippen LogP contribution in [0.5, 0.6) is 0 Å². The second-order valence-electron chi connectivity index (χ2n) is 3.81. The molecule has 0 spiro atoms. The lowest BCUT2D eigenvalue weighted by Gasteiger charge is -2.06. The molecular weight excluding hydrogens is 252 g/mol. The molecule has 0 atom stereocenters. The number of carbonyl (C=O) groups is 2. The zero-order valence-corrected chi connectivity index (χ0v) is 10.9. The van der Waals surface area contributed by atoms with Crippen molar-refractivity contribution in [1.29, 1.82) is 0 Å². The topological polar surface area (TPSA) is 58.2 Å². The minimum Gasteiger partial charge on any atom is -0.352 e. The Bertz CT molecular complexity index is 455. The summed E-state index contributed by atoms with van der Waals surface area (Å²) in [7, 11) is 0. The molecule has 0 heterocycles. The lowest BCUT2D eigenvalue weighted by Crippen LogP contribution is -2.24. The largest absolute Gasteiger partial charge is 0.352 e. The molecular formula is C13H15ClN2O2. The first-order chi connectivity index (χ1) is 8.49. The Balaban J connectivity index is 2.56. The fourth-order valence-electron chi connectivity index (χ4n) is 1.28. The minimum atomic E-state index is -0.206. The number of halogens is 1. The maximum absolute atomic E-state index is 11.6. The van der Waals surface area contributed by atoms with Gasteiger partial charge < -0.3 is 10.6 Å². The van der Waals surface area contributed by atoms with E-state index in [0.717, 1.165) is 5.56 Å². The summed E-state index contributed by atoms with van der Waals surface area (Å²) in [5.74, 6) is -0.291. The van der Waals surface area contributed by atoms with Crippen LogP contribution in [0.1, 0.15) is 22.8 Å². The molecule has 0 fully saturated rings. The molecule has 0 aliphatic carbocycles. The molecule has 5 heteroatoms. The summed E-state index contributed by atoms with van der Waals surface area (Å²) in [4.78, 5) is 22.4. The van der Waals surface area contributed by atoms with Gasteiger partial charge in [0.25, 0.3) is 5.91 Å². The predicted molar refractivity (Wildman–Crippen MR) is 71.3 cm³/mol. The summed E-state index contributed by atoms with van der Waals surface area (Å²) in [5.41, 5.74) is 1.47. The standard InChI is InChI=1S/C13H15ClN2O2/c1-9(14)7-16-13(18)12-5-3-11(4-6-12)8-15-10(2)17/h3-6H,1,7-8H2,2H3,(H,15,17)(H,16,18). The molecule has 2 amide bonds. The van der Waals surface area contributed by atoms with E-state index >= 15 is 0 Å². The molecule has 1 aromatic rings. The summed E-state index contributed by atoms with van der Waals surface area (Å²) in [6.45, 7) is 5.64. The molecule has 0 aliphatic heterocycles. The van der Waals surface area contributed by atoms with Crippen molar-refractivity contribution in [1.82, 2.24) is 10.6 Å². The number of carbonyl (C=O) groups excluding carboxylic acids is 2. The van der Waals surface area contributed by atoms with Crippen LogP contribution in [0.2, 0.25) is 0 Å². The molecule has 0 unspecified atom stereocenters. The number of benzene rings is 1. The third-order valence-electron chi connectivity index (χ3n) is 2.20. The van der Waals surface area contributed by atoms with Gasteiger partial charge in [0.05, 0.1) is 6.54 Å². The van der Waals surface area contributed by atoms with Crippen LogP contribution in [-0.4, -0.2) is 18.4 Å². The van der Waals surface area contributed by atoms with Gasteiger partial charge in [-0.1, -0.05) is 30.3 Å². The molecule has 0 aromatic heterocycles. The van der Waals surface area contributed by atoms with E-state index in [2.05, 4.69) is 17.2 Å². The molecule has 1 rings (SSSR count). The lowest BCUT2D eigenvalue weighted by molar-refractivity contribution is -0.119. The fourth-order valence-corrected chi connectivity index (χ4v) is 1.35. The Kier molecular flexibility index (Phi) is 5.39. The van der Waals surface area contributed by atoms with E-state index in [1.807, 2.05) is 0 Å². The normalized spacial score (nSPS) is 9.67. The van der Waals surface area contributed by atoms with Crippen molar-refractivity contribution in [2.75, 3.05) is 6.54 Å². The summed E-state index contributed by atoms with van der Waals surface area (Å²) in [6, 6.07) is 6.98. The quantitative estimate of drug-likeness (QED) is 0.854. The van der Waals surface area contributed by atoms with Gasteiger partial charge >= 0.3 is 0 Å². The second-order valence-corrected chi connectivity index (χ2v) is 4.34. The molecule has 1 aromatic carbocycles. The third kappa shape index (κ3) is 5.01. The predicted octanol–water partition coefficient (Wildman–Crippen LogP) is 1.80. The van der Waals surface area contributed by atoms with Crippen molar-refractivity contribution >= 4 is 23.4 Å². The molecule has 0 saturated carbocycles. The van der Waals surface area contributed by atoms with Gasteiger partial charge in [-0.15, -0.1) is 0 Å². The number of hydrogen-bond acceptors (Lipinski definition) is 2. The van der Waals surface area contributed by atoms with Crippen molar-refractivity contribution in [3.05, 3.63) is 47.0 Å². The minimum absolute atomic E-state index is 0.0857. The Hall–Kier alpha value is -1.81. The van der Waals surface area contributed by atoms with Gasteiger partial charge in [0.15, 0.2) is 0 Å². The first-order valence-corrected chi connectivity index (χ1v) is 5.81.